The molecule has 2 aromatic carbocycles. The minimum absolute atomic E-state index is 0.391. The van der Waals surface area contributed by atoms with Crippen molar-refractivity contribution in [3.63, 3.8) is 0 Å². The van der Waals surface area contributed by atoms with E-state index in [0.717, 1.165) is 5.56 Å². The number of hydrazone groups is 1. The molecule has 7 heteroatoms. The fraction of sp³-hybridized carbons (Fsp3) is 0.250. The quantitative estimate of drug-likeness (QED) is 0.465. The molecule has 0 saturated carbocycles. The zero-order valence-electron chi connectivity index (χ0n) is 15.8. The topological polar surface area (TPSA) is 89.0 Å². The third-order valence-electron chi connectivity index (χ3n) is 3.85. The van der Waals surface area contributed by atoms with Crippen molar-refractivity contribution in [2.45, 2.75) is 19.8 Å². The summed E-state index contributed by atoms with van der Waals surface area (Å²) in [5.74, 6) is -0.113. The Kier molecular flexibility index (Phi) is 6.93. The smallest absolute Gasteiger partial charge is 0.329 e. The standard InChI is InChI=1S/C20H23N3O4/c1-13(2)14-5-8-16(9-6-14)22-19(24)20(25)23-21-12-15-7-10-17(26-3)11-18(15)27-4/h5-13H,1-4H3,(H,22,24)(H,23,25). The second-order valence-electron chi connectivity index (χ2n) is 6.04. The molecular weight excluding hydrogens is 346 g/mol. The minimum Gasteiger partial charge on any atom is -0.497 e. The summed E-state index contributed by atoms with van der Waals surface area (Å²) in [6.07, 6.45) is 1.39. The number of nitrogens with one attached hydrogen (secondary N) is 2. The highest BCUT2D eigenvalue weighted by Crippen LogP contribution is 2.23. The van der Waals surface area contributed by atoms with Crippen molar-refractivity contribution in [2.75, 3.05) is 19.5 Å². The van der Waals surface area contributed by atoms with Crippen molar-refractivity contribution in [1.82, 2.24) is 5.43 Å². The number of hydrogen-bond donors (Lipinski definition) is 2. The monoisotopic (exact) mass is 369 g/mol. The van der Waals surface area contributed by atoms with Crippen molar-refractivity contribution in [1.29, 1.82) is 0 Å². The van der Waals surface area contributed by atoms with E-state index in [2.05, 4.69) is 29.7 Å². The molecule has 2 aromatic rings. The maximum atomic E-state index is 11.9. The van der Waals surface area contributed by atoms with Gasteiger partial charge in [0.15, 0.2) is 0 Å². The molecule has 0 atom stereocenters. The summed E-state index contributed by atoms with van der Waals surface area (Å²) >= 11 is 0. The van der Waals surface area contributed by atoms with Crippen molar-refractivity contribution >= 4 is 23.7 Å². The van der Waals surface area contributed by atoms with Crippen LogP contribution < -0.4 is 20.2 Å². The van der Waals surface area contributed by atoms with Crippen LogP contribution in [0.1, 0.15) is 30.9 Å². The highest BCUT2D eigenvalue weighted by molar-refractivity contribution is 6.39. The van der Waals surface area contributed by atoms with E-state index in [1.54, 1.807) is 37.4 Å². The van der Waals surface area contributed by atoms with Gasteiger partial charge in [-0.3, -0.25) is 9.59 Å². The number of carbonyl (C=O) groups excluding carboxylic acids is 2. The zero-order valence-corrected chi connectivity index (χ0v) is 15.8. The summed E-state index contributed by atoms with van der Waals surface area (Å²) in [5.41, 5.74) is 4.51. The van der Waals surface area contributed by atoms with Gasteiger partial charge in [0.2, 0.25) is 0 Å². The first kappa shape index (κ1) is 20.0. The summed E-state index contributed by atoms with van der Waals surface area (Å²) in [7, 11) is 3.07. The largest absolute Gasteiger partial charge is 0.497 e. The van der Waals surface area contributed by atoms with Gasteiger partial charge in [0.25, 0.3) is 0 Å². The van der Waals surface area contributed by atoms with E-state index >= 15 is 0 Å². The van der Waals surface area contributed by atoms with Crippen LogP contribution in [0.3, 0.4) is 0 Å². The average Bonchev–Trinajstić information content (AvgIpc) is 2.68. The van der Waals surface area contributed by atoms with Crippen molar-refractivity contribution in [3.05, 3.63) is 53.6 Å². The van der Waals surface area contributed by atoms with Crippen LogP contribution in [0.4, 0.5) is 5.69 Å². The molecule has 0 aromatic heterocycles. The lowest BCUT2D eigenvalue weighted by Gasteiger charge is -2.08. The molecule has 7 nitrogen and oxygen atoms in total. The number of anilines is 1. The third-order valence-corrected chi connectivity index (χ3v) is 3.85. The first-order valence-corrected chi connectivity index (χ1v) is 8.41. The summed E-state index contributed by atoms with van der Waals surface area (Å²) in [6.45, 7) is 4.16. The fourth-order valence-corrected chi connectivity index (χ4v) is 2.28. The molecule has 2 rings (SSSR count). The number of amides is 2. The van der Waals surface area contributed by atoms with Crippen LogP contribution in [0.2, 0.25) is 0 Å². The Balaban J connectivity index is 1.94. The van der Waals surface area contributed by atoms with E-state index in [1.165, 1.54) is 13.3 Å². The molecule has 0 radical (unpaired) electrons. The molecular formula is C20H23N3O4. The van der Waals surface area contributed by atoms with Gasteiger partial charge in [0.1, 0.15) is 11.5 Å². The number of nitrogens with zero attached hydrogens (tertiary/aromatic N) is 1. The molecule has 0 aliphatic rings. The first-order chi connectivity index (χ1) is 12.9. The maximum Gasteiger partial charge on any atom is 0.329 e. The van der Waals surface area contributed by atoms with Crippen LogP contribution in [0.25, 0.3) is 0 Å². The third kappa shape index (κ3) is 5.57. The molecule has 0 aliphatic heterocycles. The van der Waals surface area contributed by atoms with Gasteiger partial charge in [0.05, 0.1) is 20.4 Å². The molecule has 2 N–H and O–H groups in total. The molecule has 0 fully saturated rings. The number of benzene rings is 2. The van der Waals surface area contributed by atoms with Crippen LogP contribution in [0.15, 0.2) is 47.6 Å². The molecule has 0 heterocycles. The highest BCUT2D eigenvalue weighted by atomic mass is 16.5. The second kappa shape index (κ2) is 9.38. The normalized spacial score (nSPS) is 10.7. The lowest BCUT2D eigenvalue weighted by Crippen LogP contribution is -2.32. The van der Waals surface area contributed by atoms with E-state index in [4.69, 9.17) is 9.47 Å². The van der Waals surface area contributed by atoms with E-state index in [0.29, 0.717) is 28.7 Å². The average molecular weight is 369 g/mol. The molecule has 0 spiro atoms. The summed E-state index contributed by atoms with van der Waals surface area (Å²) in [6, 6.07) is 12.5. The SMILES string of the molecule is COc1ccc(C=NNC(=O)C(=O)Nc2ccc(C(C)C)cc2)c(OC)c1. The van der Waals surface area contributed by atoms with Gasteiger partial charge in [-0.25, -0.2) is 5.43 Å². The Hall–Kier alpha value is -3.35. The summed E-state index contributed by atoms with van der Waals surface area (Å²) in [4.78, 5) is 23.8. The van der Waals surface area contributed by atoms with E-state index in [-0.39, 0.29) is 0 Å². The van der Waals surface area contributed by atoms with Crippen molar-refractivity contribution in [3.8, 4) is 11.5 Å². The molecule has 0 aliphatic carbocycles. The van der Waals surface area contributed by atoms with Crippen LogP contribution in [0.5, 0.6) is 11.5 Å². The molecule has 142 valence electrons. The van der Waals surface area contributed by atoms with Crippen molar-refractivity contribution in [2.24, 2.45) is 5.10 Å². The molecule has 0 unspecified atom stereocenters. The Morgan fingerprint density at radius 2 is 1.70 bits per heavy atom. The minimum atomic E-state index is -0.869. The maximum absolute atomic E-state index is 11.9. The molecule has 2 amide bonds. The summed E-state index contributed by atoms with van der Waals surface area (Å²) in [5, 5.41) is 6.33. The van der Waals surface area contributed by atoms with Gasteiger partial charge < -0.3 is 14.8 Å². The predicted octanol–water partition coefficient (Wildman–Crippen LogP) is 2.92. The Morgan fingerprint density at radius 3 is 2.30 bits per heavy atom. The Morgan fingerprint density at radius 1 is 1.00 bits per heavy atom. The lowest BCUT2D eigenvalue weighted by molar-refractivity contribution is -0.136. The van der Waals surface area contributed by atoms with Gasteiger partial charge in [-0.1, -0.05) is 26.0 Å². The fourth-order valence-electron chi connectivity index (χ4n) is 2.28. The number of hydrogen-bond acceptors (Lipinski definition) is 5. The molecule has 0 bridgehead atoms. The number of carbonyl (C=O) groups is 2. The van der Waals surface area contributed by atoms with Crippen LogP contribution in [0, 0.1) is 0 Å². The predicted molar refractivity (Wildman–Crippen MR) is 104 cm³/mol. The van der Waals surface area contributed by atoms with Gasteiger partial charge in [-0.15, -0.1) is 0 Å². The summed E-state index contributed by atoms with van der Waals surface area (Å²) < 4.78 is 10.4. The first-order valence-electron chi connectivity index (χ1n) is 8.41. The zero-order chi connectivity index (χ0) is 19.8. The number of methoxy groups -OCH3 is 2. The van der Waals surface area contributed by atoms with E-state index in [1.807, 2.05) is 12.1 Å². The Bertz CT molecular complexity index is 830. The van der Waals surface area contributed by atoms with Crippen LogP contribution in [-0.4, -0.2) is 32.2 Å². The van der Waals surface area contributed by atoms with Gasteiger partial charge in [-0.05, 0) is 35.7 Å². The second-order valence-corrected chi connectivity index (χ2v) is 6.04. The van der Waals surface area contributed by atoms with Gasteiger partial charge in [-0.2, -0.15) is 5.10 Å². The van der Waals surface area contributed by atoms with Gasteiger partial charge >= 0.3 is 11.8 Å². The highest BCUT2D eigenvalue weighted by Gasteiger charge is 2.13. The van der Waals surface area contributed by atoms with E-state index < -0.39 is 11.8 Å². The molecule has 27 heavy (non-hydrogen) atoms. The van der Waals surface area contributed by atoms with Crippen molar-refractivity contribution < 1.29 is 19.1 Å². The lowest BCUT2D eigenvalue weighted by atomic mass is 10.0. The Labute approximate surface area is 158 Å². The number of rotatable bonds is 6. The van der Waals surface area contributed by atoms with E-state index in [9.17, 15) is 9.59 Å². The van der Waals surface area contributed by atoms with Crippen LogP contribution in [-0.2, 0) is 9.59 Å². The van der Waals surface area contributed by atoms with Crippen LogP contribution >= 0.6 is 0 Å². The number of ether oxygens (including phenoxy) is 2. The molecule has 0 saturated heterocycles. The van der Waals surface area contributed by atoms with Gasteiger partial charge in [0, 0.05) is 17.3 Å².